The molecule has 1 aliphatic rings. The van der Waals surface area contributed by atoms with Gasteiger partial charge >= 0.3 is 0 Å². The van der Waals surface area contributed by atoms with E-state index in [2.05, 4.69) is 10.2 Å². The summed E-state index contributed by atoms with van der Waals surface area (Å²) in [5.41, 5.74) is -0.184. The Kier molecular flexibility index (Phi) is 2.59. The zero-order chi connectivity index (χ0) is 12.7. The summed E-state index contributed by atoms with van der Waals surface area (Å²) in [7, 11) is 0. The maximum absolute atomic E-state index is 13.7. The van der Waals surface area contributed by atoms with E-state index in [1.807, 2.05) is 0 Å². The molecule has 0 atom stereocenters. The molecule has 0 saturated heterocycles. The van der Waals surface area contributed by atoms with E-state index in [9.17, 15) is 13.9 Å². The molecule has 0 bridgehead atoms. The Bertz CT molecular complexity index is 573. The van der Waals surface area contributed by atoms with Gasteiger partial charge < -0.3 is 9.67 Å². The van der Waals surface area contributed by atoms with Gasteiger partial charge in [-0.15, -0.1) is 10.2 Å². The number of rotatable bonds is 3. The molecule has 1 fully saturated rings. The number of nitrogens with zero attached hydrogens (tertiary/aromatic N) is 3. The van der Waals surface area contributed by atoms with Crippen LogP contribution in [0.5, 0.6) is 0 Å². The second kappa shape index (κ2) is 4.13. The molecular formula is C12H11F2N3O. The molecule has 94 valence electrons. The Balaban J connectivity index is 2.20. The average Bonchev–Trinajstić information content (AvgIpc) is 3.10. The van der Waals surface area contributed by atoms with Crippen molar-refractivity contribution in [1.82, 2.24) is 14.8 Å². The molecular weight excluding hydrogens is 240 g/mol. The van der Waals surface area contributed by atoms with E-state index >= 15 is 0 Å². The summed E-state index contributed by atoms with van der Waals surface area (Å²) in [6.45, 7) is -0.292. The van der Waals surface area contributed by atoms with Crippen molar-refractivity contribution in [3.63, 3.8) is 0 Å². The molecule has 1 heterocycles. The van der Waals surface area contributed by atoms with E-state index < -0.39 is 11.6 Å². The molecule has 4 nitrogen and oxygen atoms in total. The quantitative estimate of drug-likeness (QED) is 0.908. The third-order valence-electron chi connectivity index (χ3n) is 3.01. The van der Waals surface area contributed by atoms with Crippen molar-refractivity contribution in [3.05, 3.63) is 35.7 Å². The fourth-order valence-corrected chi connectivity index (χ4v) is 2.03. The van der Waals surface area contributed by atoms with E-state index in [1.165, 1.54) is 18.2 Å². The topological polar surface area (TPSA) is 50.9 Å². The normalized spacial score (nSPS) is 15.1. The van der Waals surface area contributed by atoms with E-state index in [-0.39, 0.29) is 24.0 Å². The number of hydrogen-bond donors (Lipinski definition) is 1. The third-order valence-corrected chi connectivity index (χ3v) is 3.01. The Morgan fingerprint density at radius 3 is 2.44 bits per heavy atom. The first-order valence-electron chi connectivity index (χ1n) is 5.71. The second-order valence-electron chi connectivity index (χ2n) is 4.30. The molecule has 6 heteroatoms. The highest BCUT2D eigenvalue weighted by Gasteiger charge is 2.31. The summed E-state index contributed by atoms with van der Waals surface area (Å²) in [4.78, 5) is 0. The van der Waals surface area contributed by atoms with E-state index in [0.29, 0.717) is 5.82 Å². The average molecular weight is 251 g/mol. The molecule has 2 aromatic rings. The Labute approximate surface area is 102 Å². The highest BCUT2D eigenvalue weighted by atomic mass is 19.1. The van der Waals surface area contributed by atoms with Gasteiger partial charge in [0.15, 0.2) is 11.6 Å². The van der Waals surface area contributed by atoms with E-state index in [4.69, 9.17) is 0 Å². The first-order chi connectivity index (χ1) is 8.72. The standard InChI is InChI=1S/C12H11F2N3O/c13-8-2-1-3-9(14)11(8)12-16-15-10(6-18)17(12)7-4-5-7/h1-3,7,18H,4-6H2. The molecule has 1 aromatic carbocycles. The number of aromatic nitrogens is 3. The molecule has 0 amide bonds. The van der Waals surface area contributed by atoms with Crippen LogP contribution in [0.2, 0.25) is 0 Å². The lowest BCUT2D eigenvalue weighted by Crippen LogP contribution is -2.05. The van der Waals surface area contributed by atoms with Crippen LogP contribution >= 0.6 is 0 Å². The number of halogens is 2. The van der Waals surface area contributed by atoms with Crippen LogP contribution in [0, 0.1) is 11.6 Å². The first kappa shape index (κ1) is 11.3. The van der Waals surface area contributed by atoms with E-state index in [0.717, 1.165) is 12.8 Å². The van der Waals surface area contributed by atoms with Crippen molar-refractivity contribution < 1.29 is 13.9 Å². The fourth-order valence-electron chi connectivity index (χ4n) is 2.03. The zero-order valence-electron chi connectivity index (χ0n) is 9.48. The summed E-state index contributed by atoms with van der Waals surface area (Å²) >= 11 is 0. The maximum atomic E-state index is 13.7. The van der Waals surface area contributed by atoms with Gasteiger partial charge in [0.2, 0.25) is 0 Å². The molecule has 0 spiro atoms. The van der Waals surface area contributed by atoms with Gasteiger partial charge in [0.05, 0.1) is 5.56 Å². The van der Waals surface area contributed by atoms with Crippen LogP contribution in [0.1, 0.15) is 24.7 Å². The summed E-state index contributed by atoms with van der Waals surface area (Å²) < 4.78 is 29.1. The van der Waals surface area contributed by atoms with Crippen molar-refractivity contribution in [3.8, 4) is 11.4 Å². The number of aliphatic hydroxyl groups is 1. The lowest BCUT2D eigenvalue weighted by atomic mass is 10.2. The van der Waals surface area contributed by atoms with Crippen LogP contribution in [0.3, 0.4) is 0 Å². The number of aliphatic hydroxyl groups excluding tert-OH is 1. The monoisotopic (exact) mass is 251 g/mol. The van der Waals surface area contributed by atoms with Gasteiger partial charge in [0, 0.05) is 6.04 Å². The minimum absolute atomic E-state index is 0.135. The number of benzene rings is 1. The van der Waals surface area contributed by atoms with Gasteiger partial charge in [-0.2, -0.15) is 0 Å². The summed E-state index contributed by atoms with van der Waals surface area (Å²) in [5.74, 6) is -0.852. The van der Waals surface area contributed by atoms with Crippen molar-refractivity contribution in [1.29, 1.82) is 0 Å². The Morgan fingerprint density at radius 1 is 1.22 bits per heavy atom. The molecule has 1 saturated carbocycles. The SMILES string of the molecule is OCc1nnc(-c2c(F)cccc2F)n1C1CC1. The van der Waals surface area contributed by atoms with Crippen LogP contribution in [0.4, 0.5) is 8.78 Å². The van der Waals surface area contributed by atoms with Crippen molar-refractivity contribution in [2.75, 3.05) is 0 Å². The van der Waals surface area contributed by atoms with Gasteiger partial charge in [-0.3, -0.25) is 0 Å². The molecule has 0 unspecified atom stereocenters. The Hall–Kier alpha value is -1.82. The van der Waals surface area contributed by atoms with Crippen molar-refractivity contribution >= 4 is 0 Å². The number of hydrogen-bond acceptors (Lipinski definition) is 3. The molecule has 18 heavy (non-hydrogen) atoms. The van der Waals surface area contributed by atoms with Crippen LogP contribution < -0.4 is 0 Å². The highest BCUT2D eigenvalue weighted by molar-refractivity contribution is 5.57. The van der Waals surface area contributed by atoms with Gasteiger partial charge in [-0.25, -0.2) is 8.78 Å². The second-order valence-corrected chi connectivity index (χ2v) is 4.30. The summed E-state index contributed by atoms with van der Waals surface area (Å²) in [5, 5.41) is 16.8. The summed E-state index contributed by atoms with van der Waals surface area (Å²) in [6.07, 6.45) is 1.82. The van der Waals surface area contributed by atoms with Crippen LogP contribution in [-0.2, 0) is 6.61 Å². The largest absolute Gasteiger partial charge is 0.388 e. The predicted octanol–water partition coefficient (Wildman–Crippen LogP) is 2.05. The molecule has 0 aliphatic heterocycles. The van der Waals surface area contributed by atoms with Gasteiger partial charge in [-0.1, -0.05) is 6.07 Å². The predicted molar refractivity (Wildman–Crippen MR) is 59.6 cm³/mol. The molecule has 0 radical (unpaired) electrons. The first-order valence-corrected chi connectivity index (χ1v) is 5.71. The van der Waals surface area contributed by atoms with Gasteiger partial charge in [0.1, 0.15) is 18.2 Å². The minimum Gasteiger partial charge on any atom is -0.388 e. The third kappa shape index (κ3) is 1.69. The lowest BCUT2D eigenvalue weighted by molar-refractivity contribution is 0.265. The molecule has 3 rings (SSSR count). The van der Waals surface area contributed by atoms with Gasteiger partial charge in [-0.05, 0) is 25.0 Å². The zero-order valence-corrected chi connectivity index (χ0v) is 9.48. The maximum Gasteiger partial charge on any atom is 0.170 e. The highest BCUT2D eigenvalue weighted by Crippen LogP contribution is 2.39. The molecule has 1 aliphatic carbocycles. The van der Waals surface area contributed by atoms with Crippen LogP contribution in [0.25, 0.3) is 11.4 Å². The van der Waals surface area contributed by atoms with Crippen molar-refractivity contribution in [2.45, 2.75) is 25.5 Å². The summed E-state index contributed by atoms with van der Waals surface area (Å²) in [6, 6.07) is 3.81. The molecule has 1 N–H and O–H groups in total. The fraction of sp³-hybridized carbons (Fsp3) is 0.333. The van der Waals surface area contributed by atoms with Crippen LogP contribution in [0.15, 0.2) is 18.2 Å². The van der Waals surface area contributed by atoms with Crippen molar-refractivity contribution in [2.24, 2.45) is 0 Å². The minimum atomic E-state index is -0.672. The Morgan fingerprint density at radius 2 is 1.89 bits per heavy atom. The molecule has 1 aromatic heterocycles. The van der Waals surface area contributed by atoms with Crippen LogP contribution in [-0.4, -0.2) is 19.9 Å². The van der Waals surface area contributed by atoms with E-state index in [1.54, 1.807) is 4.57 Å². The lowest BCUT2D eigenvalue weighted by Gasteiger charge is -2.09. The smallest absolute Gasteiger partial charge is 0.170 e. The van der Waals surface area contributed by atoms with Gasteiger partial charge in [0.25, 0.3) is 0 Å².